The van der Waals surface area contributed by atoms with Crippen molar-refractivity contribution in [2.45, 2.75) is 12.8 Å². The maximum atomic E-state index is 12.1. The minimum atomic E-state index is -0.333. The molecule has 1 aromatic rings. The Kier molecular flexibility index (Phi) is 2.21. The van der Waals surface area contributed by atoms with Crippen molar-refractivity contribution in [3.63, 3.8) is 0 Å². The lowest BCUT2D eigenvalue weighted by Crippen LogP contribution is -2.65. The van der Waals surface area contributed by atoms with Crippen LogP contribution in [0.4, 0.5) is 0 Å². The molecule has 0 saturated carbocycles. The maximum Gasteiger partial charge on any atom is 0.289 e. The maximum absolute atomic E-state index is 12.1. The second kappa shape index (κ2) is 3.61. The van der Waals surface area contributed by atoms with Crippen molar-refractivity contribution in [2.24, 2.45) is 5.41 Å². The van der Waals surface area contributed by atoms with E-state index >= 15 is 0 Å². The van der Waals surface area contributed by atoms with Gasteiger partial charge in [0.15, 0.2) is 5.76 Å². The molecule has 2 amide bonds. The Morgan fingerprint density at radius 2 is 2.41 bits per heavy atom. The molecule has 2 aliphatic heterocycles. The Labute approximate surface area is 98.8 Å². The molecule has 0 aliphatic carbocycles. The van der Waals surface area contributed by atoms with Crippen LogP contribution in [0.25, 0.3) is 0 Å². The van der Waals surface area contributed by atoms with Crippen LogP contribution in [-0.2, 0) is 4.79 Å². The highest BCUT2D eigenvalue weighted by Crippen LogP contribution is 2.35. The molecule has 5 nitrogen and oxygen atoms in total. The number of β-lactam (4-membered cyclic amide) rings is 1. The summed E-state index contributed by atoms with van der Waals surface area (Å²) in [4.78, 5) is 25.4. The van der Waals surface area contributed by atoms with Gasteiger partial charge in [-0.2, -0.15) is 0 Å². The first-order valence-corrected chi connectivity index (χ1v) is 5.82. The third kappa shape index (κ3) is 1.53. The molecule has 1 aromatic heterocycles. The molecule has 0 aromatic carbocycles. The molecule has 17 heavy (non-hydrogen) atoms. The van der Waals surface area contributed by atoms with Crippen LogP contribution in [-0.4, -0.2) is 36.3 Å². The highest BCUT2D eigenvalue weighted by Gasteiger charge is 2.49. The van der Waals surface area contributed by atoms with Gasteiger partial charge in [0.05, 0.1) is 11.7 Å². The molecule has 2 saturated heterocycles. The van der Waals surface area contributed by atoms with E-state index in [1.807, 2.05) is 0 Å². The molecule has 5 heteroatoms. The van der Waals surface area contributed by atoms with E-state index < -0.39 is 0 Å². The molecule has 1 spiro atoms. The standard InChI is InChI=1S/C12H14N2O3/c15-10(9-3-1-6-17-9)14-5-2-4-12(8-14)7-13-11(12)16/h1,3,6H,2,4-5,7-8H2,(H,13,16)/t12-/m1/s1. The number of hydrogen-bond acceptors (Lipinski definition) is 3. The van der Waals surface area contributed by atoms with Gasteiger partial charge in [-0.3, -0.25) is 9.59 Å². The Hall–Kier alpha value is -1.78. The molecule has 90 valence electrons. The van der Waals surface area contributed by atoms with Crippen molar-refractivity contribution in [2.75, 3.05) is 19.6 Å². The van der Waals surface area contributed by atoms with E-state index in [0.717, 1.165) is 12.8 Å². The number of amides is 2. The number of rotatable bonds is 1. The lowest BCUT2D eigenvalue weighted by Gasteiger charge is -2.47. The molecule has 1 atom stereocenters. The summed E-state index contributed by atoms with van der Waals surface area (Å²) in [5, 5.41) is 2.76. The third-order valence-corrected chi connectivity index (χ3v) is 3.67. The highest BCUT2D eigenvalue weighted by atomic mass is 16.3. The first-order valence-electron chi connectivity index (χ1n) is 5.82. The Bertz CT molecular complexity index is 454. The van der Waals surface area contributed by atoms with Gasteiger partial charge in [-0.15, -0.1) is 0 Å². The van der Waals surface area contributed by atoms with E-state index in [0.29, 0.717) is 25.4 Å². The van der Waals surface area contributed by atoms with Crippen molar-refractivity contribution in [1.29, 1.82) is 0 Å². The average Bonchev–Trinajstić information content (AvgIpc) is 2.90. The molecular weight excluding hydrogens is 220 g/mol. The average molecular weight is 234 g/mol. The fourth-order valence-corrected chi connectivity index (χ4v) is 2.60. The second-order valence-corrected chi connectivity index (χ2v) is 4.77. The van der Waals surface area contributed by atoms with Crippen LogP contribution in [0.15, 0.2) is 22.8 Å². The van der Waals surface area contributed by atoms with E-state index in [-0.39, 0.29) is 17.2 Å². The molecular formula is C12H14N2O3. The summed E-state index contributed by atoms with van der Waals surface area (Å²) in [6, 6.07) is 3.35. The molecule has 0 radical (unpaired) electrons. The molecule has 1 N–H and O–H groups in total. The van der Waals surface area contributed by atoms with Gasteiger partial charge in [0.1, 0.15) is 0 Å². The van der Waals surface area contributed by atoms with Crippen molar-refractivity contribution in [3.05, 3.63) is 24.2 Å². The first-order chi connectivity index (χ1) is 8.21. The van der Waals surface area contributed by atoms with Crippen molar-refractivity contribution in [1.82, 2.24) is 10.2 Å². The zero-order valence-corrected chi connectivity index (χ0v) is 9.44. The highest BCUT2D eigenvalue weighted by molar-refractivity contribution is 5.93. The van der Waals surface area contributed by atoms with Crippen LogP contribution in [0.1, 0.15) is 23.4 Å². The van der Waals surface area contributed by atoms with Gasteiger partial charge in [-0.1, -0.05) is 0 Å². The number of carbonyl (C=O) groups excluding carboxylic acids is 2. The quantitative estimate of drug-likeness (QED) is 0.725. The van der Waals surface area contributed by atoms with Crippen molar-refractivity contribution < 1.29 is 14.0 Å². The van der Waals surface area contributed by atoms with Gasteiger partial charge in [0, 0.05) is 19.6 Å². The Morgan fingerprint density at radius 3 is 3.00 bits per heavy atom. The van der Waals surface area contributed by atoms with Crippen molar-refractivity contribution in [3.8, 4) is 0 Å². The summed E-state index contributed by atoms with van der Waals surface area (Å²) in [7, 11) is 0. The Morgan fingerprint density at radius 1 is 1.53 bits per heavy atom. The van der Waals surface area contributed by atoms with Crippen LogP contribution in [0.2, 0.25) is 0 Å². The fraction of sp³-hybridized carbons (Fsp3) is 0.500. The zero-order chi connectivity index (χ0) is 11.9. The van der Waals surface area contributed by atoms with E-state index in [1.54, 1.807) is 17.0 Å². The predicted octanol–water partition coefficient (Wildman–Crippen LogP) is 0.632. The van der Waals surface area contributed by atoms with Crippen LogP contribution in [0.5, 0.6) is 0 Å². The topological polar surface area (TPSA) is 62.6 Å². The number of furan rings is 1. The largest absolute Gasteiger partial charge is 0.459 e. The third-order valence-electron chi connectivity index (χ3n) is 3.67. The minimum absolute atomic E-state index is 0.0782. The van der Waals surface area contributed by atoms with Gasteiger partial charge in [-0.05, 0) is 25.0 Å². The van der Waals surface area contributed by atoms with Gasteiger partial charge in [0.25, 0.3) is 5.91 Å². The van der Waals surface area contributed by atoms with Crippen LogP contribution >= 0.6 is 0 Å². The summed E-state index contributed by atoms with van der Waals surface area (Å²) in [6.07, 6.45) is 3.24. The van der Waals surface area contributed by atoms with Gasteiger partial charge < -0.3 is 14.6 Å². The number of nitrogens with zero attached hydrogens (tertiary/aromatic N) is 1. The molecule has 2 fully saturated rings. The monoisotopic (exact) mass is 234 g/mol. The molecule has 0 unspecified atom stereocenters. The van der Waals surface area contributed by atoms with Crippen LogP contribution < -0.4 is 5.32 Å². The van der Waals surface area contributed by atoms with E-state index in [2.05, 4.69) is 5.32 Å². The normalized spacial score (nSPS) is 27.8. The van der Waals surface area contributed by atoms with Gasteiger partial charge in [-0.25, -0.2) is 0 Å². The Balaban J connectivity index is 1.76. The second-order valence-electron chi connectivity index (χ2n) is 4.77. The van der Waals surface area contributed by atoms with E-state index in [9.17, 15) is 9.59 Å². The molecule has 0 bridgehead atoms. The fourth-order valence-electron chi connectivity index (χ4n) is 2.60. The van der Waals surface area contributed by atoms with E-state index in [1.165, 1.54) is 6.26 Å². The van der Waals surface area contributed by atoms with Crippen LogP contribution in [0.3, 0.4) is 0 Å². The summed E-state index contributed by atoms with van der Waals surface area (Å²) >= 11 is 0. The zero-order valence-electron chi connectivity index (χ0n) is 9.44. The number of nitrogens with one attached hydrogen (secondary N) is 1. The lowest BCUT2D eigenvalue weighted by molar-refractivity contribution is -0.143. The van der Waals surface area contributed by atoms with Gasteiger partial charge in [0.2, 0.25) is 5.91 Å². The lowest BCUT2D eigenvalue weighted by atomic mass is 9.74. The smallest absolute Gasteiger partial charge is 0.289 e. The number of likely N-dealkylation sites (tertiary alicyclic amines) is 1. The SMILES string of the molecule is O=C(c1ccco1)N1CCC[C@@]2(CNC2=O)C1. The molecule has 2 aliphatic rings. The van der Waals surface area contributed by atoms with Gasteiger partial charge >= 0.3 is 0 Å². The number of hydrogen-bond donors (Lipinski definition) is 1. The van der Waals surface area contributed by atoms with E-state index in [4.69, 9.17) is 4.42 Å². The predicted molar refractivity (Wildman–Crippen MR) is 59.3 cm³/mol. The van der Waals surface area contributed by atoms with Crippen molar-refractivity contribution >= 4 is 11.8 Å². The molecule has 3 rings (SSSR count). The molecule has 3 heterocycles. The summed E-state index contributed by atoms with van der Waals surface area (Å²) < 4.78 is 5.10. The number of piperidine rings is 1. The first kappa shape index (κ1) is 10.4. The number of carbonyl (C=O) groups is 2. The minimum Gasteiger partial charge on any atom is -0.459 e. The summed E-state index contributed by atoms with van der Waals surface area (Å²) in [6.45, 7) is 1.90. The summed E-state index contributed by atoms with van der Waals surface area (Å²) in [5.41, 5.74) is -0.333. The van der Waals surface area contributed by atoms with Crippen LogP contribution in [0, 0.1) is 5.41 Å². The summed E-state index contributed by atoms with van der Waals surface area (Å²) in [5.74, 6) is 0.310.